The third kappa shape index (κ3) is 3.50. The van der Waals surface area contributed by atoms with E-state index in [1.165, 1.54) is 12.8 Å². The first-order chi connectivity index (χ1) is 14.1. The van der Waals surface area contributed by atoms with Gasteiger partial charge in [-0.1, -0.05) is 0 Å². The molecule has 2 fully saturated rings. The van der Waals surface area contributed by atoms with Gasteiger partial charge in [0, 0.05) is 30.4 Å². The number of H-pyrrole nitrogens is 1. The van der Waals surface area contributed by atoms with Crippen LogP contribution in [0.2, 0.25) is 0 Å². The maximum absolute atomic E-state index is 12.4. The Morgan fingerprint density at radius 2 is 2.31 bits per heavy atom. The number of alkyl halides is 1. The first kappa shape index (κ1) is 18.2. The van der Waals surface area contributed by atoms with Gasteiger partial charge in [-0.2, -0.15) is 10.1 Å². The number of nitrogens with zero attached hydrogens (tertiary/aromatic N) is 5. The molecule has 2 aliphatic rings. The molecule has 2 atom stereocenters. The zero-order valence-corrected chi connectivity index (χ0v) is 16.8. The van der Waals surface area contributed by atoms with E-state index in [4.69, 9.17) is 21.3 Å². The quantitative estimate of drug-likeness (QED) is 0.471. The highest BCUT2D eigenvalue weighted by Gasteiger charge is 2.39. The summed E-state index contributed by atoms with van der Waals surface area (Å²) >= 11 is 6.36. The number of esters is 1. The van der Waals surface area contributed by atoms with E-state index in [2.05, 4.69) is 20.6 Å². The smallest absolute Gasteiger partial charge is 0.328 e. The lowest BCUT2D eigenvalue weighted by molar-refractivity contribution is -0.144. The molecule has 0 amide bonds. The van der Waals surface area contributed by atoms with Crippen LogP contribution < -0.4 is 10.2 Å². The van der Waals surface area contributed by atoms with E-state index < -0.39 is 6.04 Å². The summed E-state index contributed by atoms with van der Waals surface area (Å²) in [6.45, 7) is 2.59. The van der Waals surface area contributed by atoms with Gasteiger partial charge in [0.2, 0.25) is 5.95 Å². The summed E-state index contributed by atoms with van der Waals surface area (Å²) in [5.74, 6) is 2.04. The second-order valence-electron chi connectivity index (χ2n) is 7.46. The Kier molecular flexibility index (Phi) is 4.54. The second-order valence-corrected chi connectivity index (χ2v) is 8.08. The molecular formula is C19H22ClN7O2. The van der Waals surface area contributed by atoms with Crippen LogP contribution in [0.5, 0.6) is 0 Å². The first-order valence-electron chi connectivity index (χ1n) is 9.87. The van der Waals surface area contributed by atoms with Gasteiger partial charge < -0.3 is 15.0 Å². The molecule has 29 heavy (non-hydrogen) atoms. The predicted molar refractivity (Wildman–Crippen MR) is 109 cm³/mol. The Hall–Kier alpha value is -2.81. The minimum absolute atomic E-state index is 0.169. The maximum Gasteiger partial charge on any atom is 0.328 e. The van der Waals surface area contributed by atoms with Gasteiger partial charge in [-0.3, -0.25) is 5.10 Å². The fourth-order valence-electron chi connectivity index (χ4n) is 3.73. The van der Waals surface area contributed by atoms with Crippen molar-refractivity contribution in [2.45, 2.75) is 43.5 Å². The van der Waals surface area contributed by atoms with Crippen molar-refractivity contribution < 1.29 is 9.53 Å². The fourth-order valence-corrected chi connectivity index (χ4v) is 4.05. The summed E-state index contributed by atoms with van der Waals surface area (Å²) < 4.78 is 6.96. The van der Waals surface area contributed by atoms with Gasteiger partial charge in [0.25, 0.3) is 0 Å². The number of anilines is 3. The monoisotopic (exact) mass is 415 g/mol. The normalized spacial score (nSPS) is 21.7. The molecule has 4 heterocycles. The first-order valence-corrected chi connectivity index (χ1v) is 10.3. The van der Waals surface area contributed by atoms with Gasteiger partial charge >= 0.3 is 5.97 Å². The SMILES string of the molecule is CCOC(=O)[C@@H]1C[C@@H](Cl)CN1c1nc(Nc2cc(C3CC3)[nH]n2)c2cccn2n1. The zero-order valence-electron chi connectivity index (χ0n) is 16.0. The zero-order chi connectivity index (χ0) is 20.0. The van der Waals surface area contributed by atoms with Gasteiger partial charge in [-0.25, -0.2) is 9.31 Å². The van der Waals surface area contributed by atoms with Crippen molar-refractivity contribution in [1.82, 2.24) is 24.8 Å². The van der Waals surface area contributed by atoms with Gasteiger partial charge in [0.1, 0.15) is 11.6 Å². The molecule has 10 heteroatoms. The second kappa shape index (κ2) is 7.22. The molecule has 0 unspecified atom stereocenters. The van der Waals surface area contributed by atoms with Crippen molar-refractivity contribution in [2.75, 3.05) is 23.4 Å². The lowest BCUT2D eigenvalue weighted by Gasteiger charge is -2.23. The molecule has 152 valence electrons. The number of aromatic amines is 1. The van der Waals surface area contributed by atoms with Crippen LogP contribution in [-0.2, 0) is 9.53 Å². The Balaban J connectivity index is 1.48. The lowest BCUT2D eigenvalue weighted by atomic mass is 10.2. The summed E-state index contributed by atoms with van der Waals surface area (Å²) in [5, 5.41) is 15.2. The van der Waals surface area contributed by atoms with Crippen LogP contribution in [0.25, 0.3) is 5.52 Å². The molecule has 0 spiro atoms. The number of hydrogen-bond acceptors (Lipinski definition) is 7. The van der Waals surface area contributed by atoms with Crippen molar-refractivity contribution in [3.63, 3.8) is 0 Å². The molecule has 0 radical (unpaired) electrons. The van der Waals surface area contributed by atoms with Crippen molar-refractivity contribution in [3.8, 4) is 0 Å². The van der Waals surface area contributed by atoms with Crippen molar-refractivity contribution in [3.05, 3.63) is 30.1 Å². The van der Waals surface area contributed by atoms with Gasteiger partial charge in [-0.15, -0.1) is 16.7 Å². The Morgan fingerprint density at radius 1 is 1.45 bits per heavy atom. The predicted octanol–water partition coefficient (Wildman–Crippen LogP) is 2.82. The molecule has 5 rings (SSSR count). The largest absolute Gasteiger partial charge is 0.464 e. The minimum Gasteiger partial charge on any atom is -0.464 e. The fraction of sp³-hybridized carbons (Fsp3) is 0.474. The van der Waals surface area contributed by atoms with E-state index in [9.17, 15) is 4.79 Å². The van der Waals surface area contributed by atoms with Crippen LogP contribution in [-0.4, -0.2) is 55.3 Å². The molecular weight excluding hydrogens is 394 g/mol. The molecule has 1 aliphatic heterocycles. The number of fused-ring (bicyclic) bond motifs is 1. The summed E-state index contributed by atoms with van der Waals surface area (Å²) in [5.41, 5.74) is 1.96. The van der Waals surface area contributed by atoms with E-state index >= 15 is 0 Å². The van der Waals surface area contributed by atoms with E-state index in [-0.39, 0.29) is 11.3 Å². The summed E-state index contributed by atoms with van der Waals surface area (Å²) in [6, 6.07) is 5.35. The van der Waals surface area contributed by atoms with Crippen LogP contribution in [0.4, 0.5) is 17.6 Å². The summed E-state index contributed by atoms with van der Waals surface area (Å²) in [6.07, 6.45) is 4.75. The van der Waals surface area contributed by atoms with Gasteiger partial charge in [0.15, 0.2) is 11.6 Å². The number of carbonyl (C=O) groups is 1. The van der Waals surface area contributed by atoms with E-state index in [0.29, 0.717) is 43.1 Å². The standard InChI is InChI=1S/C19H22ClN7O2/c1-2-29-18(28)15-8-12(20)10-26(15)19-22-17(14-4-3-7-27(14)25-19)21-16-9-13(23-24-16)11-5-6-11/h3-4,7,9,11-12,15H,2,5-6,8,10H2,1H3,(H2,21,22,23,24,25)/t12-,15+/m1/s1. The molecule has 1 saturated carbocycles. The lowest BCUT2D eigenvalue weighted by Crippen LogP contribution is -2.38. The van der Waals surface area contributed by atoms with Crippen LogP contribution in [0, 0.1) is 0 Å². The number of hydrogen-bond donors (Lipinski definition) is 2. The Morgan fingerprint density at radius 3 is 3.10 bits per heavy atom. The third-order valence-electron chi connectivity index (χ3n) is 5.31. The van der Waals surface area contributed by atoms with E-state index in [1.807, 2.05) is 29.3 Å². The molecule has 1 saturated heterocycles. The highest BCUT2D eigenvalue weighted by molar-refractivity contribution is 6.21. The molecule has 9 nitrogen and oxygen atoms in total. The number of aromatic nitrogens is 5. The number of carbonyl (C=O) groups excluding carboxylic acids is 1. The average molecular weight is 416 g/mol. The number of ether oxygens (including phenoxy) is 1. The number of rotatable bonds is 6. The van der Waals surface area contributed by atoms with E-state index in [0.717, 1.165) is 11.2 Å². The highest BCUT2D eigenvalue weighted by Crippen LogP contribution is 2.39. The van der Waals surface area contributed by atoms with Crippen LogP contribution in [0.3, 0.4) is 0 Å². The molecule has 1 aliphatic carbocycles. The van der Waals surface area contributed by atoms with Gasteiger partial charge in [-0.05, 0) is 38.3 Å². The van der Waals surface area contributed by atoms with Crippen molar-refractivity contribution in [1.29, 1.82) is 0 Å². The Bertz CT molecular complexity index is 1040. The number of halogens is 1. The van der Waals surface area contributed by atoms with Crippen molar-refractivity contribution in [2.24, 2.45) is 0 Å². The van der Waals surface area contributed by atoms with Crippen molar-refractivity contribution >= 4 is 40.7 Å². The highest BCUT2D eigenvalue weighted by atomic mass is 35.5. The van der Waals surface area contributed by atoms with Gasteiger partial charge in [0.05, 0.1) is 12.0 Å². The van der Waals surface area contributed by atoms with Crippen LogP contribution >= 0.6 is 11.6 Å². The van der Waals surface area contributed by atoms with E-state index in [1.54, 1.807) is 11.4 Å². The molecule has 0 aromatic carbocycles. The maximum atomic E-state index is 12.4. The van der Waals surface area contributed by atoms with Crippen LogP contribution in [0.15, 0.2) is 24.4 Å². The topological polar surface area (TPSA) is 100 Å². The van der Waals surface area contributed by atoms with Crippen LogP contribution in [0.1, 0.15) is 37.8 Å². The summed E-state index contributed by atoms with van der Waals surface area (Å²) in [7, 11) is 0. The molecule has 2 N–H and O–H groups in total. The third-order valence-corrected chi connectivity index (χ3v) is 5.62. The molecule has 0 bridgehead atoms. The molecule has 3 aromatic heterocycles. The summed E-state index contributed by atoms with van der Waals surface area (Å²) in [4.78, 5) is 19.0. The Labute approximate surface area is 172 Å². The molecule has 3 aromatic rings. The number of nitrogens with one attached hydrogen (secondary N) is 2. The minimum atomic E-state index is -0.495. The average Bonchev–Trinajstić information content (AvgIpc) is 3.10.